The van der Waals surface area contributed by atoms with Crippen molar-refractivity contribution in [2.45, 2.75) is 105 Å². The fraction of sp³-hybridized carbons (Fsp3) is 0.523. The Morgan fingerprint density at radius 2 is 1.52 bits per heavy atom. The van der Waals surface area contributed by atoms with E-state index in [2.05, 4.69) is 21.0 Å². The fourth-order valence-corrected chi connectivity index (χ4v) is 7.44. The summed E-state index contributed by atoms with van der Waals surface area (Å²) in [5.41, 5.74) is 2.77. The number of carbonyl (C=O) groups excluding carboxylic acids is 3. The molecule has 0 bridgehead atoms. The Bertz CT molecular complexity index is 1980. The molecule has 0 saturated carbocycles. The normalized spacial score (nSPS) is 16.6. The SMILES string of the molecule is CC(C)(O)c1cccc(CN2CCN([C@H](C(=O)N[C@@H](Cc3ccccc3)[C@@H](O)CN(Cc3ccc4c(c3)OCCO4)NC(=O)C(NC(=O)O)C(C)(C)C)C(C)(C)C)C2=O)n1. The average molecular weight is 832 g/mol. The van der Waals surface area contributed by atoms with E-state index in [9.17, 15) is 34.5 Å². The molecule has 0 radical (unpaired) electrons. The molecular weight excluding hydrogens is 771 g/mol. The lowest BCUT2D eigenvalue weighted by Gasteiger charge is -2.38. The van der Waals surface area contributed by atoms with Crippen LogP contribution >= 0.6 is 0 Å². The van der Waals surface area contributed by atoms with Gasteiger partial charge in [0.05, 0.1) is 30.1 Å². The van der Waals surface area contributed by atoms with Gasteiger partial charge < -0.3 is 45.2 Å². The number of nitrogens with zero attached hydrogens (tertiary/aromatic N) is 4. The van der Waals surface area contributed by atoms with Crippen LogP contribution in [-0.4, -0.2) is 116 Å². The van der Waals surface area contributed by atoms with Crippen LogP contribution in [0, 0.1) is 10.8 Å². The van der Waals surface area contributed by atoms with Crippen molar-refractivity contribution < 1.29 is 44.0 Å². The Kier molecular flexibility index (Phi) is 14.3. The number of pyridine rings is 1. The van der Waals surface area contributed by atoms with Crippen molar-refractivity contribution in [2.75, 3.05) is 32.8 Å². The van der Waals surface area contributed by atoms with Gasteiger partial charge in [0.15, 0.2) is 11.5 Å². The molecule has 2 aliphatic heterocycles. The molecule has 326 valence electrons. The number of ether oxygens (including phenoxy) is 2. The van der Waals surface area contributed by atoms with Crippen molar-refractivity contribution in [3.8, 4) is 11.5 Å². The molecule has 16 heteroatoms. The van der Waals surface area contributed by atoms with E-state index in [1.165, 1.54) is 5.01 Å². The smallest absolute Gasteiger partial charge is 0.405 e. The van der Waals surface area contributed by atoms with Crippen molar-refractivity contribution >= 4 is 23.9 Å². The van der Waals surface area contributed by atoms with Crippen LogP contribution in [0.25, 0.3) is 0 Å². The first kappa shape index (κ1) is 45.6. The Balaban J connectivity index is 1.41. The first-order valence-electron chi connectivity index (χ1n) is 20.3. The molecule has 6 N–H and O–H groups in total. The summed E-state index contributed by atoms with van der Waals surface area (Å²) >= 11 is 0. The first-order chi connectivity index (χ1) is 28.1. The van der Waals surface area contributed by atoms with Crippen LogP contribution in [0.15, 0.2) is 66.7 Å². The van der Waals surface area contributed by atoms with Crippen LogP contribution in [0.3, 0.4) is 0 Å². The van der Waals surface area contributed by atoms with Crippen LogP contribution in [0.4, 0.5) is 9.59 Å². The summed E-state index contributed by atoms with van der Waals surface area (Å²) in [6.45, 7) is 15.6. The second-order valence-corrected chi connectivity index (χ2v) is 18.2. The second kappa shape index (κ2) is 18.9. The van der Waals surface area contributed by atoms with Gasteiger partial charge in [-0.05, 0) is 66.5 Å². The Labute approximate surface area is 352 Å². The minimum atomic E-state index is -1.36. The molecular formula is C44H61N7O9. The molecule has 4 atom stereocenters. The van der Waals surface area contributed by atoms with Gasteiger partial charge in [-0.1, -0.05) is 84.0 Å². The lowest BCUT2D eigenvalue weighted by atomic mass is 9.84. The number of hydrogen-bond donors (Lipinski definition) is 6. The minimum absolute atomic E-state index is 0.0751. The van der Waals surface area contributed by atoms with Gasteiger partial charge in [-0.25, -0.2) is 14.6 Å². The van der Waals surface area contributed by atoms with Gasteiger partial charge in [-0.3, -0.25) is 20.0 Å². The third-order valence-corrected chi connectivity index (χ3v) is 10.4. The van der Waals surface area contributed by atoms with E-state index >= 15 is 0 Å². The van der Waals surface area contributed by atoms with Crippen molar-refractivity contribution in [2.24, 2.45) is 10.8 Å². The number of nitrogens with one attached hydrogen (secondary N) is 3. The number of carbonyl (C=O) groups is 4. The second-order valence-electron chi connectivity index (χ2n) is 18.2. The number of aliphatic hydroxyl groups excluding tert-OH is 1. The number of fused-ring (bicyclic) bond motifs is 1. The highest BCUT2D eigenvalue weighted by atomic mass is 16.6. The van der Waals surface area contributed by atoms with Gasteiger partial charge in [0, 0.05) is 26.2 Å². The van der Waals surface area contributed by atoms with Gasteiger partial charge in [-0.2, -0.15) is 0 Å². The predicted octanol–water partition coefficient (Wildman–Crippen LogP) is 4.04. The third-order valence-electron chi connectivity index (χ3n) is 10.4. The maximum absolute atomic E-state index is 14.6. The molecule has 16 nitrogen and oxygen atoms in total. The number of carboxylic acid groups (broad SMARTS) is 1. The number of hydrazine groups is 1. The monoisotopic (exact) mass is 831 g/mol. The molecule has 3 heterocycles. The Morgan fingerprint density at radius 3 is 2.15 bits per heavy atom. The molecule has 0 aliphatic carbocycles. The van der Waals surface area contributed by atoms with E-state index in [1.54, 1.807) is 74.8 Å². The van der Waals surface area contributed by atoms with E-state index in [-0.39, 0.29) is 38.6 Å². The molecule has 1 saturated heterocycles. The lowest BCUT2D eigenvalue weighted by Crippen LogP contribution is -2.61. The number of amides is 5. The quantitative estimate of drug-likeness (QED) is 0.114. The molecule has 60 heavy (non-hydrogen) atoms. The van der Waals surface area contributed by atoms with Crippen molar-refractivity contribution in [3.63, 3.8) is 0 Å². The first-order valence-corrected chi connectivity index (χ1v) is 20.3. The van der Waals surface area contributed by atoms with Crippen LogP contribution in [0.5, 0.6) is 11.5 Å². The largest absolute Gasteiger partial charge is 0.486 e. The number of aliphatic hydroxyl groups is 2. The highest BCUT2D eigenvalue weighted by Gasteiger charge is 2.44. The van der Waals surface area contributed by atoms with Crippen LogP contribution < -0.4 is 25.5 Å². The molecule has 3 aromatic rings. The standard InChI is InChI=1S/C44H61N7O9/c1-42(2,3)36(47-40(55)56)38(53)48-50(25-29-17-18-33-34(24-29)60-22-21-59-33)27-32(52)31(23-28-13-10-9-11-14-28)46-39(54)37(43(4,5)6)51-20-19-49(41(51)57)26-30-15-12-16-35(45-30)44(7,8)58/h9-18,24,31-32,36-37,47,52,58H,19-23,25-27H2,1-8H3,(H,46,54)(H,48,53)(H,55,56)/t31-,32-,36?,37+/m0/s1. The number of aromatic nitrogens is 1. The Hall–Kier alpha value is -5.45. The Morgan fingerprint density at radius 1 is 0.833 bits per heavy atom. The number of hydrogen-bond acceptors (Lipinski definition) is 10. The zero-order chi connectivity index (χ0) is 44.0. The summed E-state index contributed by atoms with van der Waals surface area (Å²) in [5, 5.41) is 39.1. The average Bonchev–Trinajstić information content (AvgIpc) is 3.50. The zero-order valence-corrected chi connectivity index (χ0v) is 35.9. The van der Waals surface area contributed by atoms with E-state index in [1.807, 2.05) is 57.2 Å². The van der Waals surface area contributed by atoms with E-state index in [0.29, 0.717) is 48.2 Å². The van der Waals surface area contributed by atoms with Crippen LogP contribution in [0.2, 0.25) is 0 Å². The summed E-state index contributed by atoms with van der Waals surface area (Å²) in [6, 6.07) is 16.7. The summed E-state index contributed by atoms with van der Waals surface area (Å²) in [7, 11) is 0. The van der Waals surface area contributed by atoms with Gasteiger partial charge in [0.1, 0.15) is 30.9 Å². The maximum Gasteiger partial charge on any atom is 0.405 e. The summed E-state index contributed by atoms with van der Waals surface area (Å²) in [4.78, 5) is 62.0. The van der Waals surface area contributed by atoms with Gasteiger partial charge >= 0.3 is 12.1 Å². The zero-order valence-electron chi connectivity index (χ0n) is 35.9. The van der Waals surface area contributed by atoms with Gasteiger partial charge in [0.25, 0.3) is 5.91 Å². The molecule has 0 spiro atoms. The van der Waals surface area contributed by atoms with Crippen LogP contribution in [-0.2, 0) is 34.7 Å². The topological polar surface area (TPSA) is 206 Å². The van der Waals surface area contributed by atoms with Crippen molar-refractivity contribution in [3.05, 3.63) is 89.2 Å². The number of rotatable bonds is 16. The molecule has 5 amide bonds. The highest BCUT2D eigenvalue weighted by Crippen LogP contribution is 2.32. The van der Waals surface area contributed by atoms with E-state index < -0.39 is 58.6 Å². The summed E-state index contributed by atoms with van der Waals surface area (Å²) in [6.07, 6.45) is -2.43. The molecule has 2 aliphatic rings. The summed E-state index contributed by atoms with van der Waals surface area (Å²) in [5.74, 6) is 0.0160. The molecule has 1 fully saturated rings. The lowest BCUT2D eigenvalue weighted by molar-refractivity contribution is -0.133. The predicted molar refractivity (Wildman–Crippen MR) is 224 cm³/mol. The van der Waals surface area contributed by atoms with Crippen molar-refractivity contribution in [1.82, 2.24) is 35.9 Å². The van der Waals surface area contributed by atoms with Gasteiger partial charge in [0.2, 0.25) is 5.91 Å². The molecule has 2 aromatic carbocycles. The number of benzene rings is 2. The highest BCUT2D eigenvalue weighted by molar-refractivity contribution is 5.89. The summed E-state index contributed by atoms with van der Waals surface area (Å²) < 4.78 is 11.5. The molecule has 5 rings (SSSR count). The third kappa shape index (κ3) is 12.1. The van der Waals surface area contributed by atoms with Crippen LogP contribution in [0.1, 0.15) is 77.9 Å². The fourth-order valence-electron chi connectivity index (χ4n) is 7.44. The maximum atomic E-state index is 14.6. The van der Waals surface area contributed by atoms with Crippen molar-refractivity contribution in [1.29, 1.82) is 0 Å². The molecule has 1 aromatic heterocycles. The van der Waals surface area contributed by atoms with E-state index in [0.717, 1.165) is 5.56 Å². The number of urea groups is 1. The molecule has 1 unspecified atom stereocenters. The van der Waals surface area contributed by atoms with Gasteiger partial charge in [-0.15, -0.1) is 0 Å². The van der Waals surface area contributed by atoms with E-state index in [4.69, 9.17) is 9.47 Å². The minimum Gasteiger partial charge on any atom is -0.486 e.